The highest BCUT2D eigenvalue weighted by atomic mass is 32.1. The van der Waals surface area contributed by atoms with Gasteiger partial charge in [0.05, 0.1) is 34.5 Å². The lowest BCUT2D eigenvalue weighted by Gasteiger charge is -2.38. The largest absolute Gasteiger partial charge is 0.354 e. The maximum Gasteiger partial charge on any atom is 0.265 e. The Kier molecular flexibility index (Phi) is 8.96. The minimum Gasteiger partial charge on any atom is -0.354 e. The molecule has 6 rings (SSSR count). The van der Waals surface area contributed by atoms with Gasteiger partial charge in [-0.05, 0) is 50.2 Å². The summed E-state index contributed by atoms with van der Waals surface area (Å²) < 4.78 is 1.58. The van der Waals surface area contributed by atoms with Crippen molar-refractivity contribution in [3.63, 3.8) is 0 Å². The smallest absolute Gasteiger partial charge is 0.265 e. The van der Waals surface area contributed by atoms with Crippen LogP contribution in [0.5, 0.6) is 0 Å². The first-order chi connectivity index (χ1) is 21.3. The molecule has 3 aliphatic heterocycles. The summed E-state index contributed by atoms with van der Waals surface area (Å²) in [5, 5.41) is 15.0. The lowest BCUT2D eigenvalue weighted by Crippen LogP contribution is -2.50. The molecule has 2 fully saturated rings. The van der Waals surface area contributed by atoms with Crippen LogP contribution in [0.4, 0.5) is 0 Å². The van der Waals surface area contributed by atoms with Crippen molar-refractivity contribution in [2.45, 2.75) is 57.9 Å². The van der Waals surface area contributed by atoms with Crippen molar-refractivity contribution in [2.75, 3.05) is 32.7 Å². The zero-order valence-corrected chi connectivity index (χ0v) is 25.6. The Balaban J connectivity index is 1.24. The molecule has 4 bridgehead atoms. The Morgan fingerprint density at radius 3 is 2.80 bits per heavy atom. The van der Waals surface area contributed by atoms with Gasteiger partial charge in [0, 0.05) is 64.6 Å². The Labute approximate surface area is 259 Å². The van der Waals surface area contributed by atoms with Crippen LogP contribution in [0.25, 0.3) is 5.69 Å². The number of hydrogen-bond acceptors (Lipinski definition) is 9. The zero-order valence-electron chi connectivity index (χ0n) is 24.8. The Morgan fingerprint density at radius 1 is 1.16 bits per heavy atom. The number of nitrogens with one attached hydrogen (secondary N) is 2. The number of fused-ring (bicyclic) bond motifs is 4. The van der Waals surface area contributed by atoms with Crippen LogP contribution in [-0.2, 0) is 27.2 Å². The average molecular weight is 620 g/mol. The molecule has 0 aromatic carbocycles. The third-order valence-corrected chi connectivity index (χ3v) is 9.92. The van der Waals surface area contributed by atoms with E-state index >= 15 is 0 Å². The highest BCUT2D eigenvalue weighted by Gasteiger charge is 2.37. The van der Waals surface area contributed by atoms with E-state index in [0.717, 1.165) is 36.6 Å². The van der Waals surface area contributed by atoms with Gasteiger partial charge in [0.2, 0.25) is 17.7 Å². The van der Waals surface area contributed by atoms with Gasteiger partial charge in [-0.3, -0.25) is 24.2 Å². The highest BCUT2D eigenvalue weighted by molar-refractivity contribution is 7.13. The molecule has 0 spiro atoms. The van der Waals surface area contributed by atoms with Gasteiger partial charge < -0.3 is 20.4 Å². The molecule has 0 radical (unpaired) electrons. The number of amides is 4. The second-order valence-corrected chi connectivity index (χ2v) is 12.9. The maximum absolute atomic E-state index is 13.6. The second-order valence-electron chi connectivity index (χ2n) is 11.8. The zero-order chi connectivity index (χ0) is 30.6. The fourth-order valence-corrected chi connectivity index (χ4v) is 7.35. The molecule has 3 aromatic heterocycles. The number of hydrogen-bond donors (Lipinski definition) is 2. The van der Waals surface area contributed by atoms with Gasteiger partial charge >= 0.3 is 0 Å². The van der Waals surface area contributed by atoms with Crippen LogP contribution in [0.1, 0.15) is 58.2 Å². The van der Waals surface area contributed by atoms with Gasteiger partial charge in [-0.15, -0.1) is 16.4 Å². The maximum atomic E-state index is 13.6. The van der Waals surface area contributed by atoms with Crippen LogP contribution in [0.3, 0.4) is 0 Å². The van der Waals surface area contributed by atoms with Crippen molar-refractivity contribution in [3.05, 3.63) is 52.0 Å². The molecule has 0 saturated carbocycles. The Hall–Kier alpha value is -4.20. The molecule has 14 heteroatoms. The fraction of sp³-hybridized carbons (Fsp3) is 0.533. The summed E-state index contributed by atoms with van der Waals surface area (Å²) in [5.41, 5.74) is 1.94. The average Bonchev–Trinajstić information content (AvgIpc) is 3.79. The van der Waals surface area contributed by atoms with E-state index in [2.05, 4.69) is 30.9 Å². The molecule has 3 aromatic rings. The van der Waals surface area contributed by atoms with E-state index in [1.807, 2.05) is 17.9 Å². The lowest BCUT2D eigenvalue weighted by atomic mass is 9.80. The Morgan fingerprint density at radius 2 is 2.00 bits per heavy atom. The summed E-state index contributed by atoms with van der Waals surface area (Å²) in [5.74, 6) is -0.881. The minimum absolute atomic E-state index is 0.0432. The molecule has 0 unspecified atom stereocenters. The van der Waals surface area contributed by atoms with Crippen molar-refractivity contribution in [3.8, 4) is 5.69 Å². The predicted octanol–water partition coefficient (Wildman–Crippen LogP) is 1.31. The minimum atomic E-state index is -0.883. The van der Waals surface area contributed by atoms with Gasteiger partial charge in [-0.25, -0.2) is 9.67 Å². The first-order valence-corrected chi connectivity index (χ1v) is 16.1. The molecule has 3 aliphatic rings. The van der Waals surface area contributed by atoms with Crippen LogP contribution in [0.2, 0.25) is 0 Å². The summed E-state index contributed by atoms with van der Waals surface area (Å²) in [7, 11) is 0. The second kappa shape index (κ2) is 13.2. The standard InChI is InChI=1S/C30H37N9O4S/c1-19-28-30(43)38-12-7-20(14-27(41)37-10-2-3-11-37)21(17-38)13-25(40)34-24(29(42)32-9-6-26(33-19)44-28)15-22-18-39(36-35-22)23-5-4-8-31-16-23/h4-5,8,16,18,20-21,24H,2-3,6-7,9-15,17H2,1H3,(H,32,42)(H,34,40)/t20-,21-,24+/m0/s1. The lowest BCUT2D eigenvalue weighted by molar-refractivity contribution is -0.133. The summed E-state index contributed by atoms with van der Waals surface area (Å²) in [6, 6.07) is 2.76. The van der Waals surface area contributed by atoms with E-state index in [4.69, 9.17) is 0 Å². The fourth-order valence-electron chi connectivity index (χ4n) is 6.32. The molecule has 44 heavy (non-hydrogen) atoms. The molecule has 0 aliphatic carbocycles. The van der Waals surface area contributed by atoms with Gasteiger partial charge in [-0.2, -0.15) is 0 Å². The molecule has 3 atom stereocenters. The molecule has 4 amide bonds. The van der Waals surface area contributed by atoms with Gasteiger partial charge in [-0.1, -0.05) is 5.21 Å². The molecule has 6 heterocycles. The topological polar surface area (TPSA) is 155 Å². The quantitative estimate of drug-likeness (QED) is 0.433. The van der Waals surface area contributed by atoms with Crippen LogP contribution in [0, 0.1) is 18.8 Å². The number of likely N-dealkylation sites (tertiary alicyclic amines) is 1. The van der Waals surface area contributed by atoms with Crippen LogP contribution in [-0.4, -0.2) is 97.2 Å². The van der Waals surface area contributed by atoms with E-state index in [0.29, 0.717) is 55.2 Å². The van der Waals surface area contributed by atoms with Crippen molar-refractivity contribution in [2.24, 2.45) is 11.8 Å². The van der Waals surface area contributed by atoms with Crippen LogP contribution < -0.4 is 10.6 Å². The number of thiazole rings is 1. The summed E-state index contributed by atoms with van der Waals surface area (Å²) >= 11 is 1.35. The number of nitrogens with zero attached hydrogens (tertiary/aromatic N) is 7. The Bertz CT molecular complexity index is 1520. The number of pyridine rings is 1. The van der Waals surface area contributed by atoms with E-state index < -0.39 is 6.04 Å². The van der Waals surface area contributed by atoms with Crippen LogP contribution in [0.15, 0.2) is 30.7 Å². The van der Waals surface area contributed by atoms with E-state index in [-0.39, 0.29) is 48.3 Å². The molecule has 2 saturated heterocycles. The number of aromatic nitrogens is 5. The molecular formula is C30H37N9O4S. The van der Waals surface area contributed by atoms with E-state index in [9.17, 15) is 19.2 Å². The summed E-state index contributed by atoms with van der Waals surface area (Å²) in [6.45, 7) is 4.58. The third kappa shape index (κ3) is 6.79. The molecule has 232 valence electrons. The van der Waals surface area contributed by atoms with E-state index in [1.54, 1.807) is 34.2 Å². The highest BCUT2D eigenvalue weighted by Crippen LogP contribution is 2.32. The van der Waals surface area contributed by atoms with Crippen molar-refractivity contribution >= 4 is 35.0 Å². The molecular weight excluding hydrogens is 582 g/mol. The van der Waals surface area contributed by atoms with Crippen molar-refractivity contribution in [1.29, 1.82) is 0 Å². The number of carbonyl (C=O) groups excluding carboxylic acids is 4. The van der Waals surface area contributed by atoms with Gasteiger partial charge in [0.15, 0.2) is 0 Å². The first kappa shape index (κ1) is 29.9. The summed E-state index contributed by atoms with van der Waals surface area (Å²) in [6.07, 6.45) is 8.76. The number of aryl methyl sites for hydroxylation is 1. The van der Waals surface area contributed by atoms with Crippen LogP contribution >= 0.6 is 11.3 Å². The van der Waals surface area contributed by atoms with Gasteiger partial charge in [0.1, 0.15) is 10.9 Å². The number of carbonyl (C=O) groups is 4. The van der Waals surface area contributed by atoms with Gasteiger partial charge in [0.25, 0.3) is 5.91 Å². The summed E-state index contributed by atoms with van der Waals surface area (Å²) in [4.78, 5) is 66.7. The normalized spacial score (nSPS) is 23.1. The monoisotopic (exact) mass is 619 g/mol. The molecule has 13 nitrogen and oxygen atoms in total. The van der Waals surface area contributed by atoms with Crippen molar-refractivity contribution < 1.29 is 19.2 Å². The third-order valence-electron chi connectivity index (χ3n) is 8.71. The number of piperidine rings is 1. The first-order valence-electron chi connectivity index (χ1n) is 15.3. The van der Waals surface area contributed by atoms with E-state index in [1.165, 1.54) is 11.3 Å². The van der Waals surface area contributed by atoms with Crippen molar-refractivity contribution in [1.82, 2.24) is 45.4 Å². The molecule has 2 N–H and O–H groups in total. The predicted molar refractivity (Wildman–Crippen MR) is 161 cm³/mol. The number of rotatable bonds is 5. The SMILES string of the molecule is Cc1nc2sc1C(=O)N1CC[C@@H](CC(=O)N3CCCC3)[C@@H](CC(=O)N[C@H](Cc3cn(-c4cccnc4)nn3)C(=O)NCC2)C1.